The molecule has 2 unspecified atom stereocenters. The van der Waals surface area contributed by atoms with Crippen LogP contribution in [-0.2, 0) is 0 Å². The quantitative estimate of drug-likeness (QED) is 0.946. The van der Waals surface area contributed by atoms with Gasteiger partial charge in [-0.15, -0.1) is 11.3 Å². The monoisotopic (exact) mass is 305 g/mol. The van der Waals surface area contributed by atoms with E-state index in [9.17, 15) is 4.79 Å². The molecule has 3 rings (SSSR count). The van der Waals surface area contributed by atoms with Crippen LogP contribution in [0.5, 0.6) is 0 Å². The molecule has 2 atom stereocenters. The van der Waals surface area contributed by atoms with E-state index in [4.69, 9.17) is 10.2 Å². The molecule has 5 nitrogen and oxygen atoms in total. The lowest BCUT2D eigenvalue weighted by Gasteiger charge is -2.37. The lowest BCUT2D eigenvalue weighted by molar-refractivity contribution is 0.0578. The molecule has 1 fully saturated rings. The highest BCUT2D eigenvalue weighted by molar-refractivity contribution is 7.13. The number of furan rings is 1. The Kier molecular flexibility index (Phi) is 4.07. The molecule has 1 amide bonds. The molecular formula is C15H19N3O2S. The predicted molar refractivity (Wildman–Crippen MR) is 82.1 cm³/mol. The van der Waals surface area contributed by atoms with E-state index in [2.05, 4.69) is 4.98 Å². The molecule has 6 heteroatoms. The van der Waals surface area contributed by atoms with Crippen molar-refractivity contribution < 1.29 is 9.21 Å². The maximum atomic E-state index is 12.7. The highest BCUT2D eigenvalue weighted by Gasteiger charge is 2.31. The normalized spacial score (nSPS) is 20.5. The fourth-order valence-corrected chi connectivity index (χ4v) is 3.57. The number of hydrogen-bond acceptors (Lipinski definition) is 5. The molecular weight excluding hydrogens is 286 g/mol. The van der Waals surface area contributed by atoms with E-state index in [-0.39, 0.29) is 18.0 Å². The lowest BCUT2D eigenvalue weighted by Crippen LogP contribution is -2.51. The second-order valence-corrected chi connectivity index (χ2v) is 6.33. The van der Waals surface area contributed by atoms with E-state index in [0.717, 1.165) is 36.4 Å². The van der Waals surface area contributed by atoms with Gasteiger partial charge in [0.2, 0.25) is 0 Å². The van der Waals surface area contributed by atoms with E-state index in [1.54, 1.807) is 12.5 Å². The van der Waals surface area contributed by atoms with Gasteiger partial charge in [0.25, 0.3) is 5.91 Å². The number of thiazole rings is 1. The van der Waals surface area contributed by atoms with Crippen LogP contribution in [-0.4, -0.2) is 34.4 Å². The molecule has 1 aliphatic heterocycles. The van der Waals surface area contributed by atoms with Gasteiger partial charge in [-0.2, -0.15) is 0 Å². The summed E-state index contributed by atoms with van der Waals surface area (Å²) >= 11 is 1.46. The SMILES string of the molecule is CC(N)C1CCCCN1C(=O)c1csc(-c2ccoc2)n1. The van der Waals surface area contributed by atoms with Gasteiger partial charge in [0.15, 0.2) is 0 Å². The second-order valence-electron chi connectivity index (χ2n) is 5.47. The van der Waals surface area contributed by atoms with Gasteiger partial charge in [-0.1, -0.05) is 0 Å². The zero-order valence-corrected chi connectivity index (χ0v) is 12.8. The Morgan fingerprint density at radius 3 is 3.14 bits per heavy atom. The van der Waals surface area contributed by atoms with Crippen molar-refractivity contribution in [1.29, 1.82) is 0 Å². The number of rotatable bonds is 3. The molecule has 1 saturated heterocycles. The van der Waals surface area contributed by atoms with Gasteiger partial charge in [0.1, 0.15) is 17.0 Å². The Hall–Kier alpha value is -1.66. The Morgan fingerprint density at radius 1 is 1.57 bits per heavy atom. The molecule has 0 radical (unpaired) electrons. The summed E-state index contributed by atoms with van der Waals surface area (Å²) in [6.07, 6.45) is 6.39. The maximum Gasteiger partial charge on any atom is 0.273 e. The first kappa shape index (κ1) is 14.3. The summed E-state index contributed by atoms with van der Waals surface area (Å²) in [6.45, 7) is 2.73. The van der Waals surface area contributed by atoms with Gasteiger partial charge >= 0.3 is 0 Å². The van der Waals surface area contributed by atoms with Gasteiger partial charge in [-0.05, 0) is 32.3 Å². The highest BCUT2D eigenvalue weighted by atomic mass is 32.1. The predicted octanol–water partition coefficient (Wildman–Crippen LogP) is 2.75. The smallest absolute Gasteiger partial charge is 0.273 e. The molecule has 0 aromatic carbocycles. The first-order chi connectivity index (χ1) is 10.2. The van der Waals surface area contributed by atoms with Crippen molar-refractivity contribution in [3.63, 3.8) is 0 Å². The van der Waals surface area contributed by atoms with E-state index < -0.39 is 0 Å². The maximum absolute atomic E-state index is 12.7. The van der Waals surface area contributed by atoms with Crippen molar-refractivity contribution in [1.82, 2.24) is 9.88 Å². The Balaban J connectivity index is 1.81. The van der Waals surface area contributed by atoms with Crippen LogP contribution in [0.3, 0.4) is 0 Å². The van der Waals surface area contributed by atoms with Gasteiger partial charge in [0.05, 0.1) is 6.26 Å². The topological polar surface area (TPSA) is 72.4 Å². The number of likely N-dealkylation sites (tertiary alicyclic amines) is 1. The van der Waals surface area contributed by atoms with Gasteiger partial charge in [-0.25, -0.2) is 4.98 Å². The van der Waals surface area contributed by atoms with E-state index in [0.29, 0.717) is 5.69 Å². The molecule has 112 valence electrons. The Bertz CT molecular complexity index is 606. The van der Waals surface area contributed by atoms with Crippen LogP contribution < -0.4 is 5.73 Å². The van der Waals surface area contributed by atoms with Crippen molar-refractivity contribution in [3.8, 4) is 10.6 Å². The van der Waals surface area contributed by atoms with Gasteiger partial charge < -0.3 is 15.1 Å². The number of hydrogen-bond donors (Lipinski definition) is 1. The molecule has 2 aromatic rings. The molecule has 0 spiro atoms. The minimum absolute atomic E-state index is 0.0111. The lowest BCUT2D eigenvalue weighted by atomic mass is 9.96. The highest BCUT2D eigenvalue weighted by Crippen LogP contribution is 2.26. The van der Waals surface area contributed by atoms with Crippen LogP contribution in [0, 0.1) is 0 Å². The summed E-state index contributed by atoms with van der Waals surface area (Å²) in [7, 11) is 0. The van der Waals surface area contributed by atoms with Crippen LogP contribution in [0.4, 0.5) is 0 Å². The van der Waals surface area contributed by atoms with Crippen molar-refractivity contribution in [3.05, 3.63) is 29.7 Å². The number of nitrogens with zero attached hydrogens (tertiary/aromatic N) is 2. The molecule has 3 heterocycles. The second kappa shape index (κ2) is 5.99. The minimum atomic E-state index is -0.0128. The third-order valence-corrected chi connectivity index (χ3v) is 4.80. The van der Waals surface area contributed by atoms with Crippen LogP contribution in [0.2, 0.25) is 0 Å². The number of amides is 1. The fourth-order valence-electron chi connectivity index (χ4n) is 2.79. The zero-order chi connectivity index (χ0) is 14.8. The van der Waals surface area contributed by atoms with Crippen LogP contribution in [0.15, 0.2) is 28.4 Å². The molecule has 0 saturated carbocycles. The molecule has 21 heavy (non-hydrogen) atoms. The third kappa shape index (κ3) is 2.87. The molecule has 2 aromatic heterocycles. The van der Waals surface area contributed by atoms with E-state index in [1.165, 1.54) is 11.3 Å². The number of aromatic nitrogens is 1. The average molecular weight is 305 g/mol. The summed E-state index contributed by atoms with van der Waals surface area (Å²) in [6, 6.07) is 1.95. The number of nitrogens with two attached hydrogens (primary N) is 1. The number of piperidine rings is 1. The largest absolute Gasteiger partial charge is 0.472 e. The summed E-state index contributed by atoms with van der Waals surface area (Å²) < 4.78 is 5.06. The Morgan fingerprint density at radius 2 is 2.43 bits per heavy atom. The molecule has 2 N–H and O–H groups in total. The first-order valence-corrected chi connectivity index (χ1v) is 8.09. The molecule has 1 aliphatic rings. The zero-order valence-electron chi connectivity index (χ0n) is 12.0. The summed E-state index contributed by atoms with van der Waals surface area (Å²) in [5.74, 6) is -0.0111. The van der Waals surface area contributed by atoms with E-state index >= 15 is 0 Å². The number of carbonyl (C=O) groups is 1. The van der Waals surface area contributed by atoms with Crippen molar-refractivity contribution in [2.75, 3.05) is 6.54 Å². The molecule has 0 bridgehead atoms. The minimum Gasteiger partial charge on any atom is -0.472 e. The van der Waals surface area contributed by atoms with Gasteiger partial charge in [0, 0.05) is 29.6 Å². The van der Waals surface area contributed by atoms with Crippen molar-refractivity contribution >= 4 is 17.2 Å². The summed E-state index contributed by atoms with van der Waals surface area (Å²) in [5, 5.41) is 2.62. The Labute approximate surface area is 127 Å². The molecule has 0 aliphatic carbocycles. The van der Waals surface area contributed by atoms with Crippen molar-refractivity contribution in [2.24, 2.45) is 5.73 Å². The van der Waals surface area contributed by atoms with Gasteiger partial charge in [-0.3, -0.25) is 4.79 Å². The van der Waals surface area contributed by atoms with E-state index in [1.807, 2.05) is 23.3 Å². The van der Waals surface area contributed by atoms with Crippen LogP contribution >= 0.6 is 11.3 Å². The number of carbonyl (C=O) groups excluding carboxylic acids is 1. The van der Waals surface area contributed by atoms with Crippen molar-refractivity contribution in [2.45, 2.75) is 38.3 Å². The summed E-state index contributed by atoms with van der Waals surface area (Å²) in [4.78, 5) is 19.0. The van der Waals surface area contributed by atoms with Crippen LogP contribution in [0.25, 0.3) is 10.6 Å². The first-order valence-electron chi connectivity index (χ1n) is 7.21. The third-order valence-electron chi connectivity index (χ3n) is 3.91. The van der Waals surface area contributed by atoms with Crippen LogP contribution in [0.1, 0.15) is 36.7 Å². The standard InChI is InChI=1S/C15H19N3O2S/c1-10(16)13-4-2-3-6-18(13)15(19)12-9-21-14(17-12)11-5-7-20-8-11/h5,7-10,13H,2-4,6,16H2,1H3. The average Bonchev–Trinajstić information content (AvgIpc) is 3.17. The fraction of sp³-hybridized carbons (Fsp3) is 0.467. The summed E-state index contributed by atoms with van der Waals surface area (Å²) in [5.41, 5.74) is 7.44.